The second kappa shape index (κ2) is 7.58. The molecule has 0 amide bonds. The quantitative estimate of drug-likeness (QED) is 0.792. The average molecular weight is 312 g/mol. The zero-order chi connectivity index (χ0) is 16.8. The predicted octanol–water partition coefficient (Wildman–Crippen LogP) is 3.55. The lowest BCUT2D eigenvalue weighted by Gasteiger charge is -2.13. The van der Waals surface area contributed by atoms with Gasteiger partial charge in [0.25, 0.3) is 0 Å². The van der Waals surface area contributed by atoms with Crippen molar-refractivity contribution in [3.8, 4) is 11.1 Å². The van der Waals surface area contributed by atoms with Crippen molar-refractivity contribution in [1.82, 2.24) is 0 Å². The summed E-state index contributed by atoms with van der Waals surface area (Å²) in [5, 5.41) is 0. The molecular weight excluding hydrogens is 292 g/mol. The van der Waals surface area contributed by atoms with Crippen LogP contribution in [0.1, 0.15) is 28.4 Å². The van der Waals surface area contributed by atoms with Crippen LogP contribution >= 0.6 is 0 Å². The number of esters is 2. The van der Waals surface area contributed by atoms with Gasteiger partial charge in [-0.3, -0.25) is 4.79 Å². The molecule has 0 bridgehead atoms. The Morgan fingerprint density at radius 1 is 1.04 bits per heavy atom. The van der Waals surface area contributed by atoms with Gasteiger partial charge in [-0.25, -0.2) is 4.79 Å². The minimum Gasteiger partial charge on any atom is -0.466 e. The average Bonchev–Trinajstić information content (AvgIpc) is 2.55. The molecule has 23 heavy (non-hydrogen) atoms. The lowest BCUT2D eigenvalue weighted by molar-refractivity contribution is -0.142. The third-order valence-electron chi connectivity index (χ3n) is 3.58. The number of carbonyl (C=O) groups excluding carboxylic acids is 2. The van der Waals surface area contributed by atoms with Gasteiger partial charge in [0.15, 0.2) is 0 Å². The van der Waals surface area contributed by atoms with Gasteiger partial charge in [-0.2, -0.15) is 0 Å². The number of methoxy groups -OCH3 is 1. The van der Waals surface area contributed by atoms with Crippen LogP contribution in [0.4, 0.5) is 0 Å². The third kappa shape index (κ3) is 3.97. The fourth-order valence-electron chi connectivity index (χ4n) is 2.47. The highest BCUT2D eigenvalue weighted by molar-refractivity contribution is 5.98. The maximum atomic E-state index is 12.0. The monoisotopic (exact) mass is 312 g/mol. The van der Waals surface area contributed by atoms with Crippen molar-refractivity contribution in [2.24, 2.45) is 0 Å². The van der Waals surface area contributed by atoms with E-state index in [-0.39, 0.29) is 12.4 Å². The number of aryl methyl sites for hydroxylation is 1. The number of carbonyl (C=O) groups is 2. The molecule has 0 radical (unpaired) electrons. The van der Waals surface area contributed by atoms with Crippen LogP contribution in [0.2, 0.25) is 0 Å². The number of hydrogen-bond donors (Lipinski definition) is 0. The van der Waals surface area contributed by atoms with E-state index in [1.54, 1.807) is 19.1 Å². The first kappa shape index (κ1) is 16.7. The normalized spacial score (nSPS) is 10.2. The predicted molar refractivity (Wildman–Crippen MR) is 88.3 cm³/mol. The molecule has 0 N–H and O–H groups in total. The summed E-state index contributed by atoms with van der Waals surface area (Å²) in [5.41, 5.74) is 4.03. The summed E-state index contributed by atoms with van der Waals surface area (Å²) in [7, 11) is 1.36. The lowest BCUT2D eigenvalue weighted by Crippen LogP contribution is -2.09. The van der Waals surface area contributed by atoms with E-state index in [0.29, 0.717) is 12.2 Å². The van der Waals surface area contributed by atoms with Crippen LogP contribution in [0.3, 0.4) is 0 Å². The SMILES string of the molecule is CCOC(=O)Cc1ccc(C(=O)OC)c(-c2ccccc2C)c1. The van der Waals surface area contributed by atoms with Crippen molar-refractivity contribution < 1.29 is 19.1 Å². The first-order chi connectivity index (χ1) is 11.1. The second-order valence-electron chi connectivity index (χ2n) is 5.17. The van der Waals surface area contributed by atoms with Gasteiger partial charge in [0, 0.05) is 0 Å². The fourth-order valence-corrected chi connectivity index (χ4v) is 2.47. The zero-order valence-corrected chi connectivity index (χ0v) is 13.6. The molecule has 0 spiro atoms. The van der Waals surface area contributed by atoms with Crippen molar-refractivity contribution in [1.29, 1.82) is 0 Å². The van der Waals surface area contributed by atoms with Gasteiger partial charge < -0.3 is 9.47 Å². The number of ether oxygens (including phenoxy) is 2. The Balaban J connectivity index is 2.49. The summed E-state index contributed by atoms with van der Waals surface area (Å²) in [5.74, 6) is -0.681. The Hall–Kier alpha value is -2.62. The maximum absolute atomic E-state index is 12.0. The smallest absolute Gasteiger partial charge is 0.338 e. The topological polar surface area (TPSA) is 52.6 Å². The van der Waals surface area contributed by atoms with Gasteiger partial charge in [0.2, 0.25) is 0 Å². The third-order valence-corrected chi connectivity index (χ3v) is 3.58. The van der Waals surface area contributed by atoms with Gasteiger partial charge in [0.05, 0.1) is 25.7 Å². The minimum atomic E-state index is -0.397. The number of benzene rings is 2. The fraction of sp³-hybridized carbons (Fsp3) is 0.263. The Morgan fingerprint density at radius 2 is 1.78 bits per heavy atom. The van der Waals surface area contributed by atoms with E-state index in [0.717, 1.165) is 22.3 Å². The first-order valence-electron chi connectivity index (χ1n) is 7.49. The van der Waals surface area contributed by atoms with Crippen molar-refractivity contribution >= 4 is 11.9 Å². The molecule has 0 aromatic heterocycles. The Kier molecular flexibility index (Phi) is 5.52. The summed E-state index contributed by atoms with van der Waals surface area (Å²) in [6, 6.07) is 13.1. The molecule has 0 heterocycles. The van der Waals surface area contributed by atoms with Crippen LogP contribution in [0.5, 0.6) is 0 Å². The minimum absolute atomic E-state index is 0.175. The molecule has 0 aliphatic carbocycles. The van der Waals surface area contributed by atoms with Crippen LogP contribution in [0.15, 0.2) is 42.5 Å². The molecule has 0 fully saturated rings. The van der Waals surface area contributed by atoms with Gasteiger partial charge in [-0.05, 0) is 48.2 Å². The molecule has 0 aliphatic rings. The van der Waals surface area contributed by atoms with Crippen LogP contribution in [0, 0.1) is 6.92 Å². The molecule has 2 rings (SSSR count). The summed E-state index contributed by atoms with van der Waals surface area (Å²) in [6.45, 7) is 4.11. The van der Waals surface area contributed by atoms with E-state index in [2.05, 4.69) is 0 Å². The largest absolute Gasteiger partial charge is 0.466 e. The Labute approximate surface area is 136 Å². The van der Waals surface area contributed by atoms with E-state index in [9.17, 15) is 9.59 Å². The molecule has 4 nitrogen and oxygen atoms in total. The number of rotatable bonds is 5. The molecule has 0 aliphatic heterocycles. The summed E-state index contributed by atoms with van der Waals surface area (Å²) in [6.07, 6.45) is 0.175. The van der Waals surface area contributed by atoms with Gasteiger partial charge in [0.1, 0.15) is 0 Å². The standard InChI is InChI=1S/C19H20O4/c1-4-23-18(20)12-14-9-10-16(19(21)22-3)17(11-14)15-8-6-5-7-13(15)2/h5-11H,4,12H2,1-3H3. The van der Waals surface area contributed by atoms with Crippen molar-refractivity contribution in [3.05, 3.63) is 59.2 Å². The van der Waals surface area contributed by atoms with Crippen LogP contribution in [-0.2, 0) is 20.7 Å². The summed E-state index contributed by atoms with van der Waals surface area (Å²) < 4.78 is 9.85. The molecule has 2 aromatic rings. The molecule has 0 unspecified atom stereocenters. The molecule has 4 heteroatoms. The molecule has 0 saturated carbocycles. The van der Waals surface area contributed by atoms with Gasteiger partial charge in [-0.1, -0.05) is 30.3 Å². The van der Waals surface area contributed by atoms with E-state index in [1.165, 1.54) is 7.11 Å². The second-order valence-corrected chi connectivity index (χ2v) is 5.17. The maximum Gasteiger partial charge on any atom is 0.338 e. The highest BCUT2D eigenvalue weighted by Crippen LogP contribution is 2.28. The summed E-state index contributed by atoms with van der Waals surface area (Å²) >= 11 is 0. The highest BCUT2D eigenvalue weighted by Gasteiger charge is 2.16. The van der Waals surface area contributed by atoms with Crippen molar-refractivity contribution in [3.63, 3.8) is 0 Å². The van der Waals surface area contributed by atoms with Gasteiger partial charge in [-0.15, -0.1) is 0 Å². The Bertz CT molecular complexity index is 719. The Morgan fingerprint density at radius 3 is 2.43 bits per heavy atom. The molecule has 0 atom stereocenters. The van der Waals surface area contributed by atoms with E-state index < -0.39 is 5.97 Å². The number of hydrogen-bond acceptors (Lipinski definition) is 4. The van der Waals surface area contributed by atoms with Crippen molar-refractivity contribution in [2.45, 2.75) is 20.3 Å². The zero-order valence-electron chi connectivity index (χ0n) is 13.6. The van der Waals surface area contributed by atoms with Crippen LogP contribution in [-0.4, -0.2) is 25.7 Å². The van der Waals surface area contributed by atoms with E-state index in [4.69, 9.17) is 9.47 Å². The van der Waals surface area contributed by atoms with Crippen molar-refractivity contribution in [2.75, 3.05) is 13.7 Å². The molecule has 0 saturated heterocycles. The van der Waals surface area contributed by atoms with Crippen LogP contribution < -0.4 is 0 Å². The van der Waals surface area contributed by atoms with Crippen LogP contribution in [0.25, 0.3) is 11.1 Å². The van der Waals surface area contributed by atoms with E-state index in [1.807, 2.05) is 37.3 Å². The molecular formula is C19H20O4. The highest BCUT2D eigenvalue weighted by atomic mass is 16.5. The summed E-state index contributed by atoms with van der Waals surface area (Å²) in [4.78, 5) is 23.7. The molecule has 2 aromatic carbocycles. The lowest BCUT2D eigenvalue weighted by atomic mass is 9.93. The first-order valence-corrected chi connectivity index (χ1v) is 7.49. The van der Waals surface area contributed by atoms with E-state index >= 15 is 0 Å². The van der Waals surface area contributed by atoms with Gasteiger partial charge >= 0.3 is 11.9 Å². The molecule has 120 valence electrons.